The summed E-state index contributed by atoms with van der Waals surface area (Å²) in [4.78, 5) is 0. The fourth-order valence-corrected chi connectivity index (χ4v) is 2.90. The van der Waals surface area contributed by atoms with Crippen LogP contribution >= 0.6 is 0 Å². The highest BCUT2D eigenvalue weighted by Crippen LogP contribution is 2.29. The van der Waals surface area contributed by atoms with Gasteiger partial charge in [-0.25, -0.2) is 0 Å². The van der Waals surface area contributed by atoms with E-state index in [1.165, 1.54) is 51.4 Å². The van der Waals surface area contributed by atoms with Crippen molar-refractivity contribution in [3.8, 4) is 0 Å². The minimum absolute atomic E-state index is 0.479. The normalized spacial score (nSPS) is 34.6. The summed E-state index contributed by atoms with van der Waals surface area (Å²) in [5.74, 6) is 0.827. The van der Waals surface area contributed by atoms with Crippen molar-refractivity contribution in [2.75, 3.05) is 0 Å². The van der Waals surface area contributed by atoms with Crippen LogP contribution in [0.25, 0.3) is 0 Å². The maximum absolute atomic E-state index is 5.94. The SMILES string of the molecule is CC1=CCC/C(=C\C2CCC(N)CC2)CC1. The monoisotopic (exact) mass is 219 g/mol. The topological polar surface area (TPSA) is 26.0 Å². The first-order chi connectivity index (χ1) is 7.74. The number of hydrogen-bond acceptors (Lipinski definition) is 1. The van der Waals surface area contributed by atoms with Crippen molar-refractivity contribution >= 4 is 0 Å². The summed E-state index contributed by atoms with van der Waals surface area (Å²) in [6.45, 7) is 2.27. The molecule has 1 fully saturated rings. The quantitative estimate of drug-likeness (QED) is 0.664. The first-order valence-electron chi connectivity index (χ1n) is 6.85. The van der Waals surface area contributed by atoms with Crippen LogP contribution in [0.3, 0.4) is 0 Å². The molecule has 0 bridgehead atoms. The molecule has 0 atom stereocenters. The van der Waals surface area contributed by atoms with Crippen LogP contribution in [0.1, 0.15) is 58.3 Å². The van der Waals surface area contributed by atoms with Crippen molar-refractivity contribution in [2.24, 2.45) is 11.7 Å². The van der Waals surface area contributed by atoms with Gasteiger partial charge in [-0.2, -0.15) is 0 Å². The second kappa shape index (κ2) is 5.67. The molecule has 0 radical (unpaired) electrons. The third kappa shape index (κ3) is 3.48. The summed E-state index contributed by atoms with van der Waals surface area (Å²) < 4.78 is 0. The lowest BCUT2D eigenvalue weighted by Crippen LogP contribution is -2.25. The minimum Gasteiger partial charge on any atom is -0.328 e. The van der Waals surface area contributed by atoms with Gasteiger partial charge in [0.2, 0.25) is 0 Å². The fraction of sp³-hybridized carbons (Fsp3) is 0.733. The Kier molecular flexibility index (Phi) is 4.22. The predicted octanol–water partition coefficient (Wildman–Crippen LogP) is 3.95. The van der Waals surface area contributed by atoms with Crippen LogP contribution in [-0.4, -0.2) is 6.04 Å². The van der Waals surface area contributed by atoms with E-state index in [0.29, 0.717) is 6.04 Å². The van der Waals surface area contributed by atoms with E-state index in [-0.39, 0.29) is 0 Å². The zero-order chi connectivity index (χ0) is 11.4. The fourth-order valence-electron chi connectivity index (χ4n) is 2.90. The van der Waals surface area contributed by atoms with Crippen LogP contribution in [0.4, 0.5) is 0 Å². The van der Waals surface area contributed by atoms with Gasteiger partial charge in [-0.1, -0.05) is 23.3 Å². The number of rotatable bonds is 1. The Hall–Kier alpha value is -0.560. The van der Waals surface area contributed by atoms with E-state index in [4.69, 9.17) is 5.73 Å². The smallest absolute Gasteiger partial charge is 0.00392 e. The van der Waals surface area contributed by atoms with Gasteiger partial charge in [0.15, 0.2) is 0 Å². The average Bonchev–Trinajstić information content (AvgIpc) is 2.47. The summed E-state index contributed by atoms with van der Waals surface area (Å²) >= 11 is 0. The molecule has 16 heavy (non-hydrogen) atoms. The van der Waals surface area contributed by atoms with E-state index in [9.17, 15) is 0 Å². The lowest BCUT2D eigenvalue weighted by Gasteiger charge is -2.24. The molecule has 1 nitrogen and oxygen atoms in total. The second-order valence-electron chi connectivity index (χ2n) is 5.59. The van der Waals surface area contributed by atoms with E-state index >= 15 is 0 Å². The Labute approximate surface area is 99.8 Å². The maximum atomic E-state index is 5.94. The summed E-state index contributed by atoms with van der Waals surface area (Å²) in [5.41, 5.74) is 9.22. The van der Waals surface area contributed by atoms with Crippen LogP contribution in [0.2, 0.25) is 0 Å². The zero-order valence-electron chi connectivity index (χ0n) is 10.5. The highest BCUT2D eigenvalue weighted by molar-refractivity contribution is 5.13. The lowest BCUT2D eigenvalue weighted by molar-refractivity contribution is 0.373. The number of allylic oxidation sites excluding steroid dienone is 4. The summed E-state index contributed by atoms with van der Waals surface area (Å²) in [6.07, 6.45) is 15.2. The summed E-state index contributed by atoms with van der Waals surface area (Å²) in [5, 5.41) is 0. The molecule has 1 saturated carbocycles. The first kappa shape index (κ1) is 11.9. The van der Waals surface area contributed by atoms with E-state index in [0.717, 1.165) is 5.92 Å². The molecule has 1 heteroatoms. The van der Waals surface area contributed by atoms with Gasteiger partial charge in [0.1, 0.15) is 0 Å². The van der Waals surface area contributed by atoms with E-state index in [1.54, 1.807) is 11.1 Å². The van der Waals surface area contributed by atoms with Gasteiger partial charge in [-0.05, 0) is 64.2 Å². The second-order valence-corrected chi connectivity index (χ2v) is 5.59. The van der Waals surface area contributed by atoms with E-state index in [2.05, 4.69) is 19.1 Å². The molecule has 0 aliphatic heterocycles. The number of nitrogens with two attached hydrogens (primary N) is 1. The molecular weight excluding hydrogens is 194 g/mol. The molecule has 2 aliphatic rings. The maximum Gasteiger partial charge on any atom is 0.00392 e. The highest BCUT2D eigenvalue weighted by Gasteiger charge is 2.17. The predicted molar refractivity (Wildman–Crippen MR) is 70.2 cm³/mol. The third-order valence-electron chi connectivity index (χ3n) is 4.09. The lowest BCUT2D eigenvalue weighted by atomic mass is 9.84. The van der Waals surface area contributed by atoms with E-state index in [1.807, 2.05) is 0 Å². The Morgan fingerprint density at radius 1 is 1.12 bits per heavy atom. The van der Waals surface area contributed by atoms with Gasteiger partial charge < -0.3 is 5.73 Å². The minimum atomic E-state index is 0.479. The molecule has 0 amide bonds. The van der Waals surface area contributed by atoms with Crippen LogP contribution in [-0.2, 0) is 0 Å². The largest absolute Gasteiger partial charge is 0.328 e. The molecule has 0 unspecified atom stereocenters. The Balaban J connectivity index is 1.87. The van der Waals surface area contributed by atoms with Crippen molar-refractivity contribution in [3.63, 3.8) is 0 Å². The Morgan fingerprint density at radius 3 is 2.62 bits per heavy atom. The molecule has 2 N–H and O–H groups in total. The van der Waals surface area contributed by atoms with Gasteiger partial charge in [0, 0.05) is 6.04 Å². The summed E-state index contributed by atoms with van der Waals surface area (Å²) in [6, 6.07) is 0.479. The molecule has 0 aromatic rings. The van der Waals surface area contributed by atoms with Crippen molar-refractivity contribution in [1.82, 2.24) is 0 Å². The van der Waals surface area contributed by atoms with Gasteiger partial charge >= 0.3 is 0 Å². The van der Waals surface area contributed by atoms with E-state index < -0.39 is 0 Å². The molecular formula is C15H25N. The molecule has 2 aliphatic carbocycles. The van der Waals surface area contributed by atoms with Crippen LogP contribution < -0.4 is 5.73 Å². The molecule has 0 saturated heterocycles. The average molecular weight is 219 g/mol. The zero-order valence-corrected chi connectivity index (χ0v) is 10.5. The van der Waals surface area contributed by atoms with Crippen molar-refractivity contribution in [1.29, 1.82) is 0 Å². The van der Waals surface area contributed by atoms with Crippen LogP contribution in [0.5, 0.6) is 0 Å². The molecule has 0 aromatic carbocycles. The molecule has 0 spiro atoms. The Morgan fingerprint density at radius 2 is 1.88 bits per heavy atom. The third-order valence-corrected chi connectivity index (χ3v) is 4.09. The number of hydrogen-bond donors (Lipinski definition) is 1. The van der Waals surface area contributed by atoms with Crippen molar-refractivity contribution in [3.05, 3.63) is 23.3 Å². The standard InChI is InChI=1S/C15H25N/c1-12-3-2-4-13(6-5-12)11-14-7-9-15(16)10-8-14/h3,11,14-15H,2,4-10,16H2,1H3/b13-11+. The molecule has 2 rings (SSSR count). The van der Waals surface area contributed by atoms with Crippen LogP contribution in [0, 0.1) is 5.92 Å². The van der Waals surface area contributed by atoms with Crippen molar-refractivity contribution < 1.29 is 0 Å². The van der Waals surface area contributed by atoms with Gasteiger partial charge in [0.25, 0.3) is 0 Å². The highest BCUT2D eigenvalue weighted by atomic mass is 14.6. The molecule has 0 aromatic heterocycles. The van der Waals surface area contributed by atoms with Gasteiger partial charge in [-0.3, -0.25) is 0 Å². The molecule has 90 valence electrons. The Bertz CT molecular complexity index is 280. The van der Waals surface area contributed by atoms with Crippen LogP contribution in [0.15, 0.2) is 23.3 Å². The van der Waals surface area contributed by atoms with Gasteiger partial charge in [0.05, 0.1) is 0 Å². The molecule has 0 heterocycles. The van der Waals surface area contributed by atoms with Gasteiger partial charge in [-0.15, -0.1) is 0 Å². The van der Waals surface area contributed by atoms with Crippen molar-refractivity contribution in [2.45, 2.75) is 64.3 Å². The first-order valence-corrected chi connectivity index (χ1v) is 6.85. The summed E-state index contributed by atoms with van der Waals surface area (Å²) in [7, 11) is 0.